The number of aryl methyl sites for hydroxylation is 1. The highest BCUT2D eigenvalue weighted by Crippen LogP contribution is 2.23. The summed E-state index contributed by atoms with van der Waals surface area (Å²) in [6.45, 7) is 7.59. The molecule has 1 fully saturated rings. The molecule has 3 rings (SSSR count). The second kappa shape index (κ2) is 6.65. The zero-order valence-corrected chi connectivity index (χ0v) is 14.6. The van der Waals surface area contributed by atoms with Crippen LogP contribution in [-0.4, -0.2) is 52.9 Å². The SMILES string of the molecule is COc1ccc(C)cc1-n1ccc(C(=O)N2C[C@@H](C)N[C@H](C)C2)n1. The van der Waals surface area contributed by atoms with E-state index in [4.69, 9.17) is 4.74 Å². The quantitative estimate of drug-likeness (QED) is 0.936. The Morgan fingerprint density at radius 1 is 1.25 bits per heavy atom. The van der Waals surface area contributed by atoms with Gasteiger partial charge >= 0.3 is 0 Å². The van der Waals surface area contributed by atoms with Gasteiger partial charge in [-0.1, -0.05) is 6.07 Å². The maximum atomic E-state index is 12.7. The number of hydrogen-bond donors (Lipinski definition) is 1. The van der Waals surface area contributed by atoms with Crippen molar-refractivity contribution in [3.63, 3.8) is 0 Å². The Labute approximate surface area is 142 Å². The minimum absolute atomic E-state index is 0.0273. The molecule has 1 aromatic carbocycles. The largest absolute Gasteiger partial charge is 0.494 e. The Morgan fingerprint density at radius 2 is 1.96 bits per heavy atom. The van der Waals surface area contributed by atoms with Crippen LogP contribution in [0.1, 0.15) is 29.9 Å². The molecule has 0 aliphatic carbocycles. The average molecular weight is 328 g/mol. The number of carbonyl (C=O) groups excluding carboxylic acids is 1. The third-order valence-corrected chi connectivity index (χ3v) is 4.23. The predicted octanol–water partition coefficient (Wildman–Crippen LogP) is 2.01. The van der Waals surface area contributed by atoms with Gasteiger partial charge in [-0.25, -0.2) is 4.68 Å². The second-order valence-electron chi connectivity index (χ2n) is 6.50. The standard InChI is InChI=1S/C18H24N4O2/c1-12-5-6-17(24-4)16(9-12)22-8-7-15(20-22)18(23)21-10-13(2)19-14(3)11-21/h5-9,13-14,19H,10-11H2,1-4H3/t13-,14-/m1/s1. The van der Waals surface area contributed by atoms with Crippen molar-refractivity contribution >= 4 is 5.91 Å². The molecule has 128 valence electrons. The molecule has 1 aliphatic heterocycles. The van der Waals surface area contributed by atoms with E-state index < -0.39 is 0 Å². The number of benzene rings is 1. The number of hydrogen-bond acceptors (Lipinski definition) is 4. The lowest BCUT2D eigenvalue weighted by Gasteiger charge is -2.35. The highest BCUT2D eigenvalue weighted by molar-refractivity contribution is 5.92. The van der Waals surface area contributed by atoms with Crippen molar-refractivity contribution in [2.24, 2.45) is 0 Å². The first-order chi connectivity index (χ1) is 11.5. The lowest BCUT2D eigenvalue weighted by atomic mass is 10.1. The van der Waals surface area contributed by atoms with Gasteiger partial charge in [-0.2, -0.15) is 5.10 Å². The number of nitrogens with zero attached hydrogens (tertiary/aromatic N) is 3. The Bertz CT molecular complexity index is 730. The summed E-state index contributed by atoms with van der Waals surface area (Å²) < 4.78 is 7.11. The van der Waals surface area contributed by atoms with Crippen LogP contribution < -0.4 is 10.1 Å². The van der Waals surface area contributed by atoms with Gasteiger partial charge < -0.3 is 15.0 Å². The van der Waals surface area contributed by atoms with E-state index in [0.29, 0.717) is 18.8 Å². The summed E-state index contributed by atoms with van der Waals surface area (Å²) in [6, 6.07) is 8.24. The van der Waals surface area contributed by atoms with Gasteiger partial charge in [-0.05, 0) is 44.5 Å². The van der Waals surface area contributed by atoms with Crippen molar-refractivity contribution in [3.8, 4) is 11.4 Å². The average Bonchev–Trinajstić information content (AvgIpc) is 3.03. The molecule has 1 aliphatic rings. The second-order valence-corrected chi connectivity index (χ2v) is 6.50. The normalized spacial score (nSPS) is 20.9. The molecule has 1 N–H and O–H groups in total. The van der Waals surface area contributed by atoms with Crippen LogP contribution in [-0.2, 0) is 0 Å². The van der Waals surface area contributed by atoms with Gasteiger partial charge in [0.15, 0.2) is 5.69 Å². The molecule has 1 saturated heterocycles. The van der Waals surface area contributed by atoms with E-state index in [-0.39, 0.29) is 18.0 Å². The van der Waals surface area contributed by atoms with E-state index in [1.165, 1.54) is 0 Å². The number of ether oxygens (including phenoxy) is 1. The van der Waals surface area contributed by atoms with E-state index in [1.54, 1.807) is 24.1 Å². The Kier molecular flexibility index (Phi) is 4.57. The highest BCUT2D eigenvalue weighted by atomic mass is 16.5. The number of piperazine rings is 1. The molecule has 0 bridgehead atoms. The third kappa shape index (κ3) is 3.28. The van der Waals surface area contributed by atoms with Crippen LogP contribution in [0.5, 0.6) is 5.75 Å². The van der Waals surface area contributed by atoms with Crippen LogP contribution in [0.3, 0.4) is 0 Å². The number of carbonyl (C=O) groups is 1. The fourth-order valence-corrected chi connectivity index (χ4v) is 3.21. The van der Waals surface area contributed by atoms with E-state index in [0.717, 1.165) is 17.0 Å². The van der Waals surface area contributed by atoms with Crippen molar-refractivity contribution < 1.29 is 9.53 Å². The molecule has 2 atom stereocenters. The molecule has 2 aromatic rings. The number of rotatable bonds is 3. The minimum Gasteiger partial charge on any atom is -0.494 e. The van der Waals surface area contributed by atoms with E-state index in [1.807, 2.05) is 30.0 Å². The highest BCUT2D eigenvalue weighted by Gasteiger charge is 2.27. The Hall–Kier alpha value is -2.34. The van der Waals surface area contributed by atoms with Crippen LogP contribution in [0.2, 0.25) is 0 Å². The number of methoxy groups -OCH3 is 1. The summed E-state index contributed by atoms with van der Waals surface area (Å²) in [5, 5.41) is 7.91. The molecule has 0 saturated carbocycles. The number of nitrogens with one attached hydrogen (secondary N) is 1. The molecular weight excluding hydrogens is 304 g/mol. The van der Waals surface area contributed by atoms with Crippen LogP contribution in [0.15, 0.2) is 30.5 Å². The van der Waals surface area contributed by atoms with Crippen LogP contribution >= 0.6 is 0 Å². The number of amides is 1. The molecule has 1 aromatic heterocycles. The first-order valence-electron chi connectivity index (χ1n) is 8.24. The lowest BCUT2D eigenvalue weighted by molar-refractivity contribution is 0.0667. The summed E-state index contributed by atoms with van der Waals surface area (Å²) in [7, 11) is 1.63. The van der Waals surface area contributed by atoms with E-state index in [9.17, 15) is 4.79 Å². The summed E-state index contributed by atoms with van der Waals surface area (Å²) in [4.78, 5) is 14.6. The smallest absolute Gasteiger partial charge is 0.274 e. The van der Waals surface area contributed by atoms with E-state index in [2.05, 4.69) is 24.3 Å². The molecule has 0 unspecified atom stereocenters. The van der Waals surface area contributed by atoms with Crippen molar-refractivity contribution in [2.75, 3.05) is 20.2 Å². The van der Waals surface area contributed by atoms with Gasteiger partial charge in [0.25, 0.3) is 5.91 Å². The monoisotopic (exact) mass is 328 g/mol. The molecule has 24 heavy (non-hydrogen) atoms. The van der Waals surface area contributed by atoms with Gasteiger partial charge in [-0.3, -0.25) is 4.79 Å². The maximum Gasteiger partial charge on any atom is 0.274 e. The summed E-state index contributed by atoms with van der Waals surface area (Å²) in [5.74, 6) is 0.702. The molecule has 2 heterocycles. The topological polar surface area (TPSA) is 59.4 Å². The zero-order chi connectivity index (χ0) is 17.3. The zero-order valence-electron chi connectivity index (χ0n) is 14.6. The first-order valence-corrected chi connectivity index (χ1v) is 8.24. The Balaban J connectivity index is 1.85. The molecule has 6 heteroatoms. The summed E-state index contributed by atoms with van der Waals surface area (Å²) >= 11 is 0. The predicted molar refractivity (Wildman–Crippen MR) is 92.8 cm³/mol. The third-order valence-electron chi connectivity index (χ3n) is 4.23. The van der Waals surface area contributed by atoms with Crippen molar-refractivity contribution in [3.05, 3.63) is 41.7 Å². The maximum absolute atomic E-state index is 12.7. The van der Waals surface area contributed by atoms with Gasteiger partial charge in [-0.15, -0.1) is 0 Å². The fraction of sp³-hybridized carbons (Fsp3) is 0.444. The van der Waals surface area contributed by atoms with Crippen molar-refractivity contribution in [1.29, 1.82) is 0 Å². The molecule has 1 amide bonds. The summed E-state index contributed by atoms with van der Waals surface area (Å²) in [5.41, 5.74) is 2.40. The van der Waals surface area contributed by atoms with Crippen LogP contribution in [0.25, 0.3) is 5.69 Å². The molecular formula is C18H24N4O2. The molecule has 0 spiro atoms. The van der Waals surface area contributed by atoms with Gasteiger partial charge in [0.2, 0.25) is 0 Å². The molecule has 6 nitrogen and oxygen atoms in total. The molecule has 0 radical (unpaired) electrons. The fourth-order valence-electron chi connectivity index (χ4n) is 3.21. The van der Waals surface area contributed by atoms with Crippen LogP contribution in [0, 0.1) is 6.92 Å². The van der Waals surface area contributed by atoms with Crippen molar-refractivity contribution in [1.82, 2.24) is 20.0 Å². The van der Waals surface area contributed by atoms with Crippen LogP contribution in [0.4, 0.5) is 0 Å². The van der Waals surface area contributed by atoms with Gasteiger partial charge in [0, 0.05) is 31.4 Å². The Morgan fingerprint density at radius 3 is 2.62 bits per heavy atom. The summed E-state index contributed by atoms with van der Waals surface area (Å²) in [6.07, 6.45) is 1.81. The van der Waals surface area contributed by atoms with Crippen molar-refractivity contribution in [2.45, 2.75) is 32.9 Å². The number of aromatic nitrogens is 2. The van der Waals surface area contributed by atoms with E-state index >= 15 is 0 Å². The minimum atomic E-state index is -0.0273. The lowest BCUT2D eigenvalue weighted by Crippen LogP contribution is -2.55. The van der Waals surface area contributed by atoms with Gasteiger partial charge in [0.1, 0.15) is 11.4 Å². The van der Waals surface area contributed by atoms with Gasteiger partial charge in [0.05, 0.1) is 7.11 Å². The first kappa shape index (κ1) is 16.5.